The highest BCUT2D eigenvalue weighted by Crippen LogP contribution is 2.33. The van der Waals surface area contributed by atoms with Gasteiger partial charge >= 0.3 is 0 Å². The molecule has 0 bridgehead atoms. The van der Waals surface area contributed by atoms with Crippen molar-refractivity contribution in [2.24, 2.45) is 0 Å². The molecule has 1 amide bonds. The van der Waals surface area contributed by atoms with Crippen LogP contribution in [-0.2, 0) is 33.2 Å². The second-order valence-electron chi connectivity index (χ2n) is 18.3. The number of hydrogen-bond donors (Lipinski definition) is 12. The van der Waals surface area contributed by atoms with E-state index in [1.807, 2.05) is 0 Å². The van der Waals surface area contributed by atoms with Gasteiger partial charge in [-0.3, -0.25) is 4.79 Å². The van der Waals surface area contributed by atoms with Crippen molar-refractivity contribution in [3.05, 3.63) is 48.6 Å². The van der Waals surface area contributed by atoms with Crippen LogP contribution in [0.1, 0.15) is 129 Å². The van der Waals surface area contributed by atoms with E-state index in [2.05, 4.69) is 67.8 Å². The number of unbranched alkanes of at least 4 members (excludes halogenated alkanes) is 10. The Morgan fingerprint density at radius 3 is 1.54 bits per heavy atom. The lowest BCUT2D eigenvalue weighted by molar-refractivity contribution is -0.379. The Morgan fingerprint density at radius 1 is 0.536 bits per heavy atom. The first-order valence-corrected chi connectivity index (χ1v) is 25.4. The predicted octanol–water partition coefficient (Wildman–Crippen LogP) is 1.58. The smallest absolute Gasteiger partial charge is 0.220 e. The Bertz CT molecular complexity index is 1460. The van der Waals surface area contributed by atoms with E-state index in [1.54, 1.807) is 0 Å². The standard InChI is InChI=1S/C50H87NO18/c1-3-5-7-9-11-13-14-15-16-17-18-20-22-24-26-28-38(56)51-33(34(55)27-25-23-21-19-12-10-8-6-4-2)32-64-48-44(62)41(59)46(36(30-53)66-48)69-50-45(63)42(60)47(37(31-54)67-50)68-49-43(61)40(58)39(57)35(29-52)65-49/h5,7,11,13,15-16,18,20,33-37,39-50,52-55,57-63H,3-4,6,8-10,12,14,17,19,21-32H2,1-2H3,(H,51,56)/b7-5-,13-11-,16-15-,20-18-. The largest absolute Gasteiger partial charge is 0.394 e. The third-order valence-electron chi connectivity index (χ3n) is 12.7. The lowest BCUT2D eigenvalue weighted by Crippen LogP contribution is -2.66. The average Bonchev–Trinajstić information content (AvgIpc) is 3.34. The summed E-state index contributed by atoms with van der Waals surface area (Å²) in [5, 5.41) is 120. The topological polar surface area (TPSA) is 307 Å². The highest BCUT2D eigenvalue weighted by Gasteiger charge is 2.53. The van der Waals surface area contributed by atoms with Gasteiger partial charge in [-0.2, -0.15) is 0 Å². The van der Waals surface area contributed by atoms with Crippen LogP contribution in [0.3, 0.4) is 0 Å². The number of amides is 1. The summed E-state index contributed by atoms with van der Waals surface area (Å²) in [5.41, 5.74) is 0. The highest BCUT2D eigenvalue weighted by atomic mass is 16.8. The Hall–Kier alpha value is -2.25. The van der Waals surface area contributed by atoms with E-state index in [-0.39, 0.29) is 18.9 Å². The number of aliphatic hydroxyl groups excluding tert-OH is 11. The lowest BCUT2D eigenvalue weighted by Gasteiger charge is -2.48. The number of allylic oxidation sites excluding steroid dienone is 8. The zero-order valence-corrected chi connectivity index (χ0v) is 40.8. The number of aliphatic hydroxyl groups is 11. The summed E-state index contributed by atoms with van der Waals surface area (Å²) in [5.74, 6) is -0.290. The Labute approximate surface area is 408 Å². The quantitative estimate of drug-likeness (QED) is 0.0322. The van der Waals surface area contributed by atoms with Crippen LogP contribution in [0.5, 0.6) is 0 Å². The maximum Gasteiger partial charge on any atom is 0.220 e. The normalized spacial score (nSPS) is 33.3. The number of rotatable bonds is 34. The van der Waals surface area contributed by atoms with E-state index in [4.69, 9.17) is 28.4 Å². The van der Waals surface area contributed by atoms with Crippen LogP contribution in [0.4, 0.5) is 0 Å². The third kappa shape index (κ3) is 21.0. The zero-order valence-electron chi connectivity index (χ0n) is 40.8. The molecule has 69 heavy (non-hydrogen) atoms. The molecular formula is C50H87NO18. The van der Waals surface area contributed by atoms with Gasteiger partial charge in [-0.1, -0.05) is 120 Å². The molecule has 17 unspecified atom stereocenters. The molecule has 0 aromatic carbocycles. The van der Waals surface area contributed by atoms with Crippen molar-refractivity contribution in [3.8, 4) is 0 Å². The second-order valence-corrected chi connectivity index (χ2v) is 18.3. The summed E-state index contributed by atoms with van der Waals surface area (Å²) in [7, 11) is 0. The van der Waals surface area contributed by atoms with Crippen LogP contribution >= 0.6 is 0 Å². The SMILES string of the molecule is CC/C=C\C/C=C\C/C=C\C/C=C\CCCCC(=O)NC(COC1OC(CO)C(OC2OC(CO)C(OC3OC(CO)C(O)C(O)C3O)C(O)C2O)C(O)C1O)C(O)CCCCCCCCCCC. The second kappa shape index (κ2) is 35.0. The summed E-state index contributed by atoms with van der Waals surface area (Å²) in [6.07, 6.45) is 6.70. The van der Waals surface area contributed by atoms with E-state index in [1.165, 1.54) is 25.7 Å². The van der Waals surface area contributed by atoms with Crippen molar-refractivity contribution in [1.82, 2.24) is 5.32 Å². The van der Waals surface area contributed by atoms with Crippen LogP contribution < -0.4 is 5.32 Å². The minimum Gasteiger partial charge on any atom is -0.394 e. The van der Waals surface area contributed by atoms with E-state index >= 15 is 0 Å². The molecule has 3 fully saturated rings. The van der Waals surface area contributed by atoms with E-state index in [0.29, 0.717) is 19.3 Å². The summed E-state index contributed by atoms with van der Waals surface area (Å²) in [4.78, 5) is 13.2. The van der Waals surface area contributed by atoms with Crippen molar-refractivity contribution in [2.75, 3.05) is 26.4 Å². The number of nitrogens with one attached hydrogen (secondary N) is 1. The third-order valence-corrected chi connectivity index (χ3v) is 12.7. The molecule has 0 radical (unpaired) electrons. The maximum atomic E-state index is 13.2. The van der Waals surface area contributed by atoms with Gasteiger partial charge in [0.25, 0.3) is 0 Å². The fourth-order valence-electron chi connectivity index (χ4n) is 8.42. The van der Waals surface area contributed by atoms with E-state index in [9.17, 15) is 61.0 Å². The van der Waals surface area contributed by atoms with Gasteiger partial charge in [-0.15, -0.1) is 0 Å². The Balaban J connectivity index is 1.56. The molecule has 3 heterocycles. The van der Waals surface area contributed by atoms with Gasteiger partial charge in [0.05, 0.1) is 38.6 Å². The van der Waals surface area contributed by atoms with Gasteiger partial charge in [-0.05, 0) is 51.4 Å². The summed E-state index contributed by atoms with van der Waals surface area (Å²) in [6, 6.07) is -0.906. The molecule has 0 spiro atoms. The van der Waals surface area contributed by atoms with Gasteiger partial charge in [-0.25, -0.2) is 0 Å². The van der Waals surface area contributed by atoms with Crippen LogP contribution in [0.25, 0.3) is 0 Å². The van der Waals surface area contributed by atoms with Gasteiger partial charge < -0.3 is 89.9 Å². The fourth-order valence-corrected chi connectivity index (χ4v) is 8.42. The number of ether oxygens (including phenoxy) is 6. The fraction of sp³-hybridized carbons (Fsp3) is 0.820. The highest BCUT2D eigenvalue weighted by molar-refractivity contribution is 5.76. The average molecular weight is 990 g/mol. The molecule has 0 aromatic rings. The molecule has 0 aromatic heterocycles. The molecule has 3 rings (SSSR count). The summed E-state index contributed by atoms with van der Waals surface area (Å²) in [6.45, 7) is 1.56. The van der Waals surface area contributed by atoms with Crippen molar-refractivity contribution >= 4 is 5.91 Å². The molecule has 19 heteroatoms. The zero-order chi connectivity index (χ0) is 50.6. The first-order chi connectivity index (χ1) is 33.3. The van der Waals surface area contributed by atoms with Gasteiger partial charge in [0.2, 0.25) is 5.91 Å². The van der Waals surface area contributed by atoms with Gasteiger partial charge in [0.15, 0.2) is 18.9 Å². The molecule has 0 aliphatic carbocycles. The molecule has 0 saturated carbocycles. The molecule has 19 nitrogen and oxygen atoms in total. The van der Waals surface area contributed by atoms with Crippen LogP contribution in [0.15, 0.2) is 48.6 Å². The molecular weight excluding hydrogens is 903 g/mol. The monoisotopic (exact) mass is 990 g/mol. The minimum absolute atomic E-state index is 0.212. The first kappa shape index (κ1) is 61.1. The van der Waals surface area contributed by atoms with Crippen LogP contribution in [0.2, 0.25) is 0 Å². The Kier molecular flexibility index (Phi) is 31.0. The molecule has 3 aliphatic heterocycles. The molecule has 17 atom stereocenters. The lowest BCUT2D eigenvalue weighted by atomic mass is 9.96. The summed E-state index contributed by atoms with van der Waals surface area (Å²) < 4.78 is 34.1. The molecule has 400 valence electrons. The molecule has 3 aliphatic rings. The van der Waals surface area contributed by atoms with Crippen LogP contribution in [-0.4, -0.2) is 193 Å². The number of carbonyl (C=O) groups is 1. The van der Waals surface area contributed by atoms with Crippen molar-refractivity contribution in [2.45, 2.75) is 234 Å². The predicted molar refractivity (Wildman–Crippen MR) is 254 cm³/mol. The number of carbonyl (C=O) groups excluding carboxylic acids is 1. The van der Waals surface area contributed by atoms with Crippen molar-refractivity contribution in [3.63, 3.8) is 0 Å². The molecule has 3 saturated heterocycles. The van der Waals surface area contributed by atoms with E-state index in [0.717, 1.165) is 64.2 Å². The van der Waals surface area contributed by atoms with Crippen LogP contribution in [0, 0.1) is 0 Å². The summed E-state index contributed by atoms with van der Waals surface area (Å²) >= 11 is 0. The number of hydrogen-bond acceptors (Lipinski definition) is 18. The maximum absolute atomic E-state index is 13.2. The van der Waals surface area contributed by atoms with Crippen molar-refractivity contribution in [1.29, 1.82) is 0 Å². The minimum atomic E-state index is -1.98. The van der Waals surface area contributed by atoms with Crippen molar-refractivity contribution < 1.29 is 89.4 Å². The first-order valence-electron chi connectivity index (χ1n) is 25.4. The Morgan fingerprint density at radius 2 is 1.00 bits per heavy atom. The van der Waals surface area contributed by atoms with Gasteiger partial charge in [0.1, 0.15) is 73.2 Å². The molecule has 12 N–H and O–H groups in total. The van der Waals surface area contributed by atoms with E-state index < -0.39 is 124 Å². The van der Waals surface area contributed by atoms with Gasteiger partial charge in [0, 0.05) is 6.42 Å².